The Morgan fingerprint density at radius 2 is 1.03 bits per heavy atom. The van der Waals surface area contributed by atoms with Gasteiger partial charge in [0.2, 0.25) is 5.88 Å². The molecule has 1 aromatic carbocycles. The van der Waals surface area contributed by atoms with Gasteiger partial charge in [0.05, 0.1) is 11.3 Å². The van der Waals surface area contributed by atoms with Crippen LogP contribution in [-0.2, 0) is 6.54 Å². The highest BCUT2D eigenvalue weighted by Crippen LogP contribution is 2.32. The number of hydrogen-bond acceptors (Lipinski definition) is 7. The van der Waals surface area contributed by atoms with E-state index in [9.17, 15) is 20.0 Å². The number of unbranched alkanes of at least 4 members (excludes halogenated alkanes) is 5. The first-order chi connectivity index (χ1) is 31.4. The zero-order valence-electron chi connectivity index (χ0n) is 43.2. The average molecular weight is 901 g/mol. The van der Waals surface area contributed by atoms with Crippen molar-refractivity contribution in [2.45, 2.75) is 211 Å². The maximum Gasteiger partial charge on any atom is 0.281 e. The summed E-state index contributed by atoms with van der Waals surface area (Å²) in [5.74, 6) is 0.936. The van der Waals surface area contributed by atoms with Crippen LogP contribution in [0.25, 0.3) is 0 Å². The third-order valence-corrected chi connectivity index (χ3v) is 14.1. The van der Waals surface area contributed by atoms with Crippen LogP contribution < -0.4 is 5.56 Å². The third-order valence-electron chi connectivity index (χ3n) is 14.1. The van der Waals surface area contributed by atoms with E-state index in [4.69, 9.17) is 5.11 Å². The Morgan fingerprint density at radius 3 is 1.42 bits per heavy atom. The van der Waals surface area contributed by atoms with Gasteiger partial charge in [0.25, 0.3) is 17.4 Å². The monoisotopic (exact) mass is 901 g/mol. The summed E-state index contributed by atoms with van der Waals surface area (Å²) < 4.78 is 1.27. The molecule has 0 radical (unpaired) electrons. The van der Waals surface area contributed by atoms with E-state index in [1.54, 1.807) is 25.1 Å². The number of aromatic hydroxyl groups is 1. The van der Waals surface area contributed by atoms with Gasteiger partial charge in [-0.3, -0.25) is 19.0 Å². The van der Waals surface area contributed by atoms with Gasteiger partial charge in [-0.25, -0.2) is 0 Å². The number of azo groups is 1. The maximum atomic E-state index is 15.2. The minimum Gasteiger partial charge on any atom is -0.493 e. The number of amides is 2. The molecule has 0 saturated carbocycles. The lowest BCUT2D eigenvalue weighted by molar-refractivity contribution is 0.0674. The second kappa shape index (κ2) is 31.8. The molecule has 2 rings (SSSR count). The van der Waals surface area contributed by atoms with Gasteiger partial charge in [-0.15, -0.1) is 10.2 Å². The number of nitrogens with zero attached hydrogens (tertiary/aromatic N) is 6. The third kappa shape index (κ3) is 18.0. The number of carbonyl (C=O) groups is 2. The van der Waals surface area contributed by atoms with E-state index in [-0.39, 0.29) is 52.7 Å². The molecular formula is C55H92N6O4. The highest BCUT2D eigenvalue weighted by atomic mass is 16.3. The fourth-order valence-electron chi connectivity index (χ4n) is 9.18. The Bertz CT molecular complexity index is 1790. The van der Waals surface area contributed by atoms with Crippen LogP contribution in [0.5, 0.6) is 5.88 Å². The normalized spacial score (nSPS) is 13.9. The lowest BCUT2D eigenvalue weighted by Crippen LogP contribution is -2.39. The van der Waals surface area contributed by atoms with Crippen molar-refractivity contribution in [3.63, 3.8) is 0 Å². The van der Waals surface area contributed by atoms with Crippen LogP contribution >= 0.6 is 0 Å². The molecule has 1 aromatic heterocycles. The molecule has 0 fully saturated rings. The lowest BCUT2D eigenvalue weighted by atomic mass is 9.94. The summed E-state index contributed by atoms with van der Waals surface area (Å²) in [6.45, 7) is 26.3. The fraction of sp³-hybridized carbons (Fsp3) is 0.745. The van der Waals surface area contributed by atoms with E-state index in [1.165, 1.54) is 4.57 Å². The van der Waals surface area contributed by atoms with Crippen molar-refractivity contribution in [3.8, 4) is 11.9 Å². The number of carbonyl (C=O) groups excluding carboxylic acids is 2. The largest absolute Gasteiger partial charge is 0.493 e. The lowest BCUT2D eigenvalue weighted by Gasteiger charge is -2.32. The van der Waals surface area contributed by atoms with Crippen LogP contribution in [0, 0.1) is 47.8 Å². The Hall–Kier alpha value is -4.00. The van der Waals surface area contributed by atoms with Crippen LogP contribution in [0.1, 0.15) is 229 Å². The van der Waals surface area contributed by atoms with E-state index >= 15 is 4.79 Å². The van der Waals surface area contributed by atoms with Crippen molar-refractivity contribution < 1.29 is 14.7 Å². The molecule has 0 aliphatic rings. The molecule has 2 amide bonds. The summed E-state index contributed by atoms with van der Waals surface area (Å²) in [4.78, 5) is 48.5. The second-order valence-electron chi connectivity index (χ2n) is 19.1. The van der Waals surface area contributed by atoms with Gasteiger partial charge >= 0.3 is 0 Å². The van der Waals surface area contributed by atoms with Crippen molar-refractivity contribution in [2.75, 3.05) is 26.2 Å². The van der Waals surface area contributed by atoms with E-state index in [0.717, 1.165) is 128 Å². The van der Waals surface area contributed by atoms with Gasteiger partial charge in [-0.2, -0.15) is 5.26 Å². The van der Waals surface area contributed by atoms with E-state index in [2.05, 4.69) is 80.4 Å². The summed E-state index contributed by atoms with van der Waals surface area (Å²) in [5, 5.41) is 30.8. The summed E-state index contributed by atoms with van der Waals surface area (Å²) in [7, 11) is 0. The Morgan fingerprint density at radius 1 is 0.631 bits per heavy atom. The predicted molar refractivity (Wildman–Crippen MR) is 271 cm³/mol. The topological polar surface area (TPSA) is 131 Å². The number of hydrogen-bond donors (Lipinski definition) is 1. The van der Waals surface area contributed by atoms with Crippen molar-refractivity contribution >= 4 is 23.2 Å². The molecule has 0 aliphatic heterocycles. The van der Waals surface area contributed by atoms with Crippen LogP contribution in [0.15, 0.2) is 33.2 Å². The van der Waals surface area contributed by atoms with E-state index in [1.807, 2.05) is 9.80 Å². The molecule has 2 aromatic rings. The summed E-state index contributed by atoms with van der Waals surface area (Å²) >= 11 is 0. The Balaban J connectivity index is 2.97. The SMILES string of the molecule is CCCCC(CC)CN(CC(CC)CCCC)C(=O)c1ccc(C(=O)N(CC(CC)CCCC)CC(CC)CCCC)c(N=Nc2c(C)c(C#N)c(O)n(CC(CC)CCCC)c2=O)c1. The predicted octanol–water partition coefficient (Wildman–Crippen LogP) is 15.1. The summed E-state index contributed by atoms with van der Waals surface area (Å²) in [5.41, 5.74) is 0.588. The van der Waals surface area contributed by atoms with Crippen LogP contribution in [-0.4, -0.2) is 57.5 Å². The number of nitriles is 1. The van der Waals surface area contributed by atoms with Gasteiger partial charge in [-0.1, -0.05) is 166 Å². The number of pyridine rings is 1. The molecule has 0 saturated heterocycles. The molecule has 1 heterocycles. The minimum absolute atomic E-state index is 0.0246. The molecule has 10 nitrogen and oxygen atoms in total. The van der Waals surface area contributed by atoms with Crippen LogP contribution in [0.4, 0.5) is 11.4 Å². The first kappa shape index (κ1) is 57.1. The minimum atomic E-state index is -0.538. The second-order valence-corrected chi connectivity index (χ2v) is 19.1. The van der Waals surface area contributed by atoms with Gasteiger partial charge in [0.15, 0.2) is 5.69 Å². The highest BCUT2D eigenvalue weighted by Gasteiger charge is 2.28. The summed E-state index contributed by atoms with van der Waals surface area (Å²) in [6, 6.07) is 7.34. The van der Waals surface area contributed by atoms with Crippen molar-refractivity contribution in [2.24, 2.45) is 39.8 Å². The Kier molecular flexibility index (Phi) is 28.0. The smallest absolute Gasteiger partial charge is 0.281 e. The van der Waals surface area contributed by atoms with Gasteiger partial charge in [0, 0.05) is 43.9 Å². The van der Waals surface area contributed by atoms with Gasteiger partial charge < -0.3 is 14.9 Å². The molecule has 366 valence electrons. The zero-order chi connectivity index (χ0) is 48.3. The Labute approximate surface area is 396 Å². The van der Waals surface area contributed by atoms with Crippen LogP contribution in [0.2, 0.25) is 0 Å². The maximum absolute atomic E-state index is 15.2. The van der Waals surface area contributed by atoms with E-state index < -0.39 is 5.56 Å². The molecular weight excluding hydrogens is 809 g/mol. The zero-order valence-corrected chi connectivity index (χ0v) is 43.2. The molecule has 65 heavy (non-hydrogen) atoms. The molecule has 10 heteroatoms. The van der Waals surface area contributed by atoms with Crippen LogP contribution in [0.3, 0.4) is 0 Å². The molecule has 0 spiro atoms. The average Bonchev–Trinajstić information content (AvgIpc) is 3.32. The number of benzene rings is 1. The van der Waals surface area contributed by atoms with Crippen molar-refractivity contribution in [3.05, 3.63) is 50.8 Å². The van der Waals surface area contributed by atoms with E-state index in [0.29, 0.717) is 61.0 Å². The van der Waals surface area contributed by atoms with Gasteiger partial charge in [0.1, 0.15) is 11.6 Å². The molecule has 1 N–H and O–H groups in total. The molecule has 0 aliphatic carbocycles. The first-order valence-corrected chi connectivity index (χ1v) is 26.4. The standard InChI is InChI=1S/C55H92N6O4/c1-12-22-27-42(17-6)36-59(37-43(18-7)28-23-13-2)52(62)47-32-33-48(53(63)60(38-44(19-8)29-24-14-3)39-45(20-9)30-25-15-4)50(34-47)57-58-51-41(11)49(35-56)54(64)61(55(51)65)40-46(21-10)31-26-16-5/h32-34,42-46,64H,12-31,36-40H2,1-11H3. The fourth-order valence-corrected chi connectivity index (χ4v) is 9.18. The number of rotatable bonds is 34. The molecule has 5 unspecified atom stereocenters. The van der Waals surface area contributed by atoms with Crippen molar-refractivity contribution in [1.29, 1.82) is 5.26 Å². The number of aromatic nitrogens is 1. The van der Waals surface area contributed by atoms with Gasteiger partial charge in [-0.05, 0) is 86.8 Å². The highest BCUT2D eigenvalue weighted by molar-refractivity contribution is 6.02. The summed E-state index contributed by atoms with van der Waals surface area (Å²) in [6.07, 6.45) is 20.6. The van der Waals surface area contributed by atoms with Crippen molar-refractivity contribution in [1.82, 2.24) is 14.4 Å². The molecule has 0 bridgehead atoms. The first-order valence-electron chi connectivity index (χ1n) is 26.4. The quantitative estimate of drug-likeness (QED) is 0.0699. The molecule has 5 atom stereocenters.